The van der Waals surface area contributed by atoms with Gasteiger partial charge < -0.3 is 5.11 Å². The normalized spacial score (nSPS) is 10.8. The highest BCUT2D eigenvalue weighted by Gasteiger charge is 2.17. The highest BCUT2D eigenvalue weighted by molar-refractivity contribution is 7.92. The van der Waals surface area contributed by atoms with Crippen molar-refractivity contribution in [2.75, 3.05) is 11.3 Å². The quantitative estimate of drug-likeness (QED) is 0.793. The fraction of sp³-hybridized carbons (Fsp3) is 0.231. The largest absolute Gasteiger partial charge is 0.384 e. The van der Waals surface area contributed by atoms with Gasteiger partial charge >= 0.3 is 0 Å². The van der Waals surface area contributed by atoms with Crippen LogP contribution in [-0.4, -0.2) is 34.9 Å². The van der Waals surface area contributed by atoms with Crippen LogP contribution in [-0.2, 0) is 17.1 Å². The average molecular weight is 306 g/mol. The molecule has 0 radical (unpaired) electrons. The smallest absolute Gasteiger partial charge is 0.264 e. The van der Waals surface area contributed by atoms with Gasteiger partial charge in [-0.25, -0.2) is 8.42 Å². The topological polar surface area (TPSA) is 97.1 Å². The van der Waals surface area contributed by atoms with Crippen molar-refractivity contribution >= 4 is 15.8 Å². The Morgan fingerprint density at radius 1 is 1.38 bits per heavy atom. The van der Waals surface area contributed by atoms with E-state index in [1.807, 2.05) is 0 Å². The highest BCUT2D eigenvalue weighted by atomic mass is 32.2. The third-order valence-corrected chi connectivity index (χ3v) is 3.90. The Bertz CT molecular complexity index is 815. The van der Waals surface area contributed by atoms with Crippen LogP contribution in [0.3, 0.4) is 0 Å². The molecule has 0 fully saturated rings. The van der Waals surface area contributed by atoms with Gasteiger partial charge in [0.1, 0.15) is 17.3 Å². The molecule has 0 saturated carbocycles. The van der Waals surface area contributed by atoms with Crippen LogP contribution in [0.2, 0.25) is 0 Å². The zero-order valence-corrected chi connectivity index (χ0v) is 12.3. The molecular weight excluding hydrogens is 292 g/mol. The highest BCUT2D eigenvalue weighted by Crippen LogP contribution is 2.16. The molecule has 7 nitrogen and oxygen atoms in total. The Kier molecular flexibility index (Phi) is 4.26. The minimum absolute atomic E-state index is 0.00825. The molecule has 0 atom stereocenters. The Hall–Kier alpha value is -2.37. The summed E-state index contributed by atoms with van der Waals surface area (Å²) in [6.45, 7) is 1.47. The lowest BCUT2D eigenvalue weighted by Crippen LogP contribution is -2.15. The van der Waals surface area contributed by atoms with E-state index in [1.165, 1.54) is 23.1 Å². The lowest BCUT2D eigenvalue weighted by Gasteiger charge is -2.07. The van der Waals surface area contributed by atoms with Gasteiger partial charge in [-0.2, -0.15) is 5.10 Å². The van der Waals surface area contributed by atoms with Crippen LogP contribution in [0, 0.1) is 18.8 Å². The van der Waals surface area contributed by atoms with E-state index in [1.54, 1.807) is 20.0 Å². The molecule has 2 rings (SSSR count). The van der Waals surface area contributed by atoms with Gasteiger partial charge in [-0.15, -0.1) is 0 Å². The minimum Gasteiger partial charge on any atom is -0.384 e. The molecule has 2 aromatic rings. The number of pyridine rings is 1. The van der Waals surface area contributed by atoms with E-state index in [-0.39, 0.29) is 11.5 Å². The van der Waals surface area contributed by atoms with Crippen molar-refractivity contribution in [3.8, 4) is 11.8 Å². The van der Waals surface area contributed by atoms with Crippen molar-refractivity contribution in [3.05, 3.63) is 35.8 Å². The number of nitrogens with zero attached hydrogens (tertiary/aromatic N) is 3. The standard InChI is InChI=1S/C13H14N4O3S/c1-10-6-13(17(2)15-10)16-21(19,20)12-7-11(4-3-5-18)8-14-9-12/h6-9,16,18H,5H2,1-2H3. The van der Waals surface area contributed by atoms with Crippen molar-refractivity contribution in [1.29, 1.82) is 0 Å². The summed E-state index contributed by atoms with van der Waals surface area (Å²) >= 11 is 0. The fourth-order valence-electron chi connectivity index (χ4n) is 1.68. The first-order valence-electron chi connectivity index (χ1n) is 6.00. The van der Waals surface area contributed by atoms with E-state index >= 15 is 0 Å². The molecule has 0 unspecified atom stereocenters. The maximum Gasteiger partial charge on any atom is 0.264 e. The molecule has 0 spiro atoms. The van der Waals surface area contributed by atoms with Gasteiger partial charge in [-0.1, -0.05) is 11.8 Å². The fourth-order valence-corrected chi connectivity index (χ4v) is 2.74. The zero-order valence-electron chi connectivity index (χ0n) is 11.5. The van der Waals surface area contributed by atoms with Gasteiger partial charge in [0.25, 0.3) is 10.0 Å². The number of nitrogens with one attached hydrogen (secondary N) is 1. The van der Waals surface area contributed by atoms with Crippen molar-refractivity contribution < 1.29 is 13.5 Å². The molecule has 0 saturated heterocycles. The van der Waals surface area contributed by atoms with Gasteiger partial charge in [0.2, 0.25) is 0 Å². The second kappa shape index (κ2) is 5.95. The van der Waals surface area contributed by atoms with Gasteiger partial charge in [0.05, 0.1) is 5.69 Å². The summed E-state index contributed by atoms with van der Waals surface area (Å²) in [7, 11) is -2.13. The predicted octanol–water partition coefficient (Wildman–Crippen LogP) is 0.268. The van der Waals surface area contributed by atoms with E-state index in [4.69, 9.17) is 5.11 Å². The van der Waals surface area contributed by atoms with E-state index in [9.17, 15) is 8.42 Å². The predicted molar refractivity (Wildman–Crippen MR) is 77.0 cm³/mol. The first-order chi connectivity index (χ1) is 9.92. The van der Waals surface area contributed by atoms with Crippen molar-refractivity contribution in [1.82, 2.24) is 14.8 Å². The molecule has 2 N–H and O–H groups in total. The molecule has 2 aromatic heterocycles. The molecule has 0 bridgehead atoms. The number of sulfonamides is 1. The molecular formula is C13H14N4O3S. The molecule has 0 aliphatic heterocycles. The number of rotatable bonds is 3. The molecule has 110 valence electrons. The summed E-state index contributed by atoms with van der Waals surface area (Å²) in [5.41, 5.74) is 1.11. The minimum atomic E-state index is -3.77. The van der Waals surface area contributed by atoms with Crippen LogP contribution < -0.4 is 4.72 Å². The molecule has 8 heteroatoms. The van der Waals surface area contributed by atoms with Crippen LogP contribution in [0.1, 0.15) is 11.3 Å². The molecule has 0 amide bonds. The number of aliphatic hydroxyl groups is 1. The summed E-state index contributed by atoms with van der Waals surface area (Å²) in [6.07, 6.45) is 2.66. The Balaban J connectivity index is 2.33. The number of aryl methyl sites for hydroxylation is 2. The molecule has 2 heterocycles. The number of hydrogen-bond acceptors (Lipinski definition) is 5. The maximum atomic E-state index is 12.3. The molecule has 0 aliphatic carbocycles. The number of anilines is 1. The summed E-state index contributed by atoms with van der Waals surface area (Å²) in [5, 5.41) is 12.7. The van der Waals surface area contributed by atoms with Crippen LogP contribution in [0.25, 0.3) is 0 Å². The molecule has 0 aliphatic rings. The van der Waals surface area contributed by atoms with E-state index in [0.717, 1.165) is 0 Å². The summed E-state index contributed by atoms with van der Waals surface area (Å²) in [6, 6.07) is 3.02. The molecule has 21 heavy (non-hydrogen) atoms. The van der Waals surface area contributed by atoms with Crippen LogP contribution >= 0.6 is 0 Å². The summed E-state index contributed by atoms with van der Waals surface area (Å²) in [4.78, 5) is 3.84. The second-order valence-electron chi connectivity index (χ2n) is 4.27. The maximum absolute atomic E-state index is 12.3. The Morgan fingerprint density at radius 3 is 2.76 bits per heavy atom. The van der Waals surface area contributed by atoms with Crippen LogP contribution in [0.15, 0.2) is 29.4 Å². The van der Waals surface area contributed by atoms with Crippen molar-refractivity contribution in [2.45, 2.75) is 11.8 Å². The van der Waals surface area contributed by atoms with Crippen LogP contribution in [0.5, 0.6) is 0 Å². The van der Waals surface area contributed by atoms with E-state index < -0.39 is 10.0 Å². The lowest BCUT2D eigenvalue weighted by molar-refractivity contribution is 0.350. The first-order valence-corrected chi connectivity index (χ1v) is 7.49. The third-order valence-electron chi connectivity index (χ3n) is 2.58. The Morgan fingerprint density at radius 2 is 2.14 bits per heavy atom. The SMILES string of the molecule is Cc1cc(NS(=O)(=O)c2cncc(C#CCO)c2)n(C)n1. The van der Waals surface area contributed by atoms with Crippen molar-refractivity contribution in [2.24, 2.45) is 7.05 Å². The lowest BCUT2D eigenvalue weighted by atomic mass is 10.3. The Labute approximate surface area is 122 Å². The first kappa shape index (κ1) is 15.0. The summed E-state index contributed by atoms with van der Waals surface area (Å²) < 4.78 is 28.5. The van der Waals surface area contributed by atoms with Crippen molar-refractivity contribution in [3.63, 3.8) is 0 Å². The number of hydrogen-bond donors (Lipinski definition) is 2. The monoisotopic (exact) mass is 306 g/mol. The van der Waals surface area contributed by atoms with E-state index in [2.05, 4.69) is 26.6 Å². The summed E-state index contributed by atoms with van der Waals surface area (Å²) in [5.74, 6) is 5.42. The van der Waals surface area contributed by atoms with Gasteiger partial charge in [-0.05, 0) is 13.0 Å². The number of aliphatic hydroxyl groups excluding tert-OH is 1. The second-order valence-corrected chi connectivity index (χ2v) is 5.95. The third kappa shape index (κ3) is 3.59. The average Bonchev–Trinajstić information content (AvgIpc) is 2.74. The van der Waals surface area contributed by atoms with Crippen LogP contribution in [0.4, 0.5) is 5.82 Å². The van der Waals surface area contributed by atoms with Gasteiger partial charge in [0, 0.05) is 31.1 Å². The molecule has 0 aromatic carbocycles. The number of aromatic nitrogens is 3. The zero-order chi connectivity index (χ0) is 15.5. The van der Waals surface area contributed by atoms with Gasteiger partial charge in [-0.3, -0.25) is 14.4 Å². The van der Waals surface area contributed by atoms with Gasteiger partial charge in [0.15, 0.2) is 0 Å². The van der Waals surface area contributed by atoms with E-state index in [0.29, 0.717) is 17.1 Å².